The smallest absolute Gasteiger partial charge is 0.126 e. The van der Waals surface area contributed by atoms with E-state index in [2.05, 4.69) is 19.2 Å². The molecule has 1 aromatic carbocycles. The molecule has 0 amide bonds. The average molecular weight is 252 g/mol. The van der Waals surface area contributed by atoms with Crippen molar-refractivity contribution in [1.82, 2.24) is 5.32 Å². The molecular weight excluding hydrogens is 227 g/mol. The zero-order chi connectivity index (χ0) is 13.8. The van der Waals surface area contributed by atoms with Gasteiger partial charge in [-0.05, 0) is 44.0 Å². The second-order valence-electron chi connectivity index (χ2n) is 5.79. The molecule has 18 heavy (non-hydrogen) atoms. The third-order valence-corrected chi connectivity index (χ3v) is 3.28. The molecule has 2 nitrogen and oxygen atoms in total. The van der Waals surface area contributed by atoms with Crippen LogP contribution in [0.25, 0.3) is 0 Å². The van der Waals surface area contributed by atoms with Gasteiger partial charge in [0.1, 0.15) is 5.82 Å². The predicted octanol–water partition coefficient (Wildman–Crippen LogP) is 2.74. The van der Waals surface area contributed by atoms with E-state index < -0.39 is 0 Å². The SMILES string of the molecule is Cc1cc(C(C)(C)CNCCC(C)N)ccc1F. The van der Waals surface area contributed by atoms with Gasteiger partial charge in [0.2, 0.25) is 0 Å². The fourth-order valence-electron chi connectivity index (χ4n) is 1.90. The summed E-state index contributed by atoms with van der Waals surface area (Å²) in [6.07, 6.45) is 0.971. The summed E-state index contributed by atoms with van der Waals surface area (Å²) in [5.74, 6) is -0.139. The van der Waals surface area contributed by atoms with Crippen LogP contribution in [0.2, 0.25) is 0 Å². The maximum Gasteiger partial charge on any atom is 0.126 e. The molecule has 1 rings (SSSR count). The first-order chi connectivity index (χ1) is 8.33. The number of hydrogen-bond donors (Lipinski definition) is 2. The number of rotatable bonds is 6. The number of nitrogens with two attached hydrogens (primary N) is 1. The molecule has 1 unspecified atom stereocenters. The van der Waals surface area contributed by atoms with Gasteiger partial charge in [0, 0.05) is 18.0 Å². The van der Waals surface area contributed by atoms with Gasteiger partial charge in [-0.3, -0.25) is 0 Å². The van der Waals surface area contributed by atoms with Crippen molar-refractivity contribution >= 4 is 0 Å². The van der Waals surface area contributed by atoms with Crippen LogP contribution in [0.4, 0.5) is 4.39 Å². The van der Waals surface area contributed by atoms with Gasteiger partial charge in [0.05, 0.1) is 0 Å². The second kappa shape index (κ2) is 6.30. The molecule has 0 aromatic heterocycles. The molecule has 3 N–H and O–H groups in total. The van der Waals surface area contributed by atoms with Gasteiger partial charge in [0.25, 0.3) is 0 Å². The fourth-order valence-corrected chi connectivity index (χ4v) is 1.90. The lowest BCUT2D eigenvalue weighted by molar-refractivity contribution is 0.457. The molecule has 0 aliphatic rings. The van der Waals surface area contributed by atoms with Crippen LogP contribution in [0, 0.1) is 12.7 Å². The Hall–Kier alpha value is -0.930. The maximum atomic E-state index is 13.3. The van der Waals surface area contributed by atoms with Crippen molar-refractivity contribution in [2.45, 2.75) is 45.6 Å². The van der Waals surface area contributed by atoms with Crippen LogP contribution in [0.5, 0.6) is 0 Å². The Labute approximate surface area is 110 Å². The molecule has 0 aliphatic heterocycles. The lowest BCUT2D eigenvalue weighted by atomic mass is 9.84. The number of hydrogen-bond acceptors (Lipinski definition) is 2. The summed E-state index contributed by atoms with van der Waals surface area (Å²) in [5.41, 5.74) is 7.57. The number of halogens is 1. The van der Waals surface area contributed by atoms with Gasteiger partial charge in [0.15, 0.2) is 0 Å². The second-order valence-corrected chi connectivity index (χ2v) is 5.79. The number of aryl methyl sites for hydroxylation is 1. The summed E-state index contributed by atoms with van der Waals surface area (Å²) in [5, 5.41) is 3.42. The minimum atomic E-state index is -0.139. The van der Waals surface area contributed by atoms with E-state index >= 15 is 0 Å². The van der Waals surface area contributed by atoms with Gasteiger partial charge in [-0.25, -0.2) is 4.39 Å². The van der Waals surface area contributed by atoms with Crippen molar-refractivity contribution in [1.29, 1.82) is 0 Å². The molecule has 0 heterocycles. The molecule has 0 saturated heterocycles. The molecule has 0 bridgehead atoms. The van der Waals surface area contributed by atoms with Crippen LogP contribution >= 0.6 is 0 Å². The van der Waals surface area contributed by atoms with Crippen LogP contribution in [-0.2, 0) is 5.41 Å². The Bertz CT molecular complexity index is 386. The lowest BCUT2D eigenvalue weighted by Crippen LogP contribution is -2.35. The highest BCUT2D eigenvalue weighted by atomic mass is 19.1. The van der Waals surface area contributed by atoms with Crippen LogP contribution in [-0.4, -0.2) is 19.1 Å². The van der Waals surface area contributed by atoms with E-state index in [1.807, 2.05) is 19.1 Å². The highest BCUT2D eigenvalue weighted by Crippen LogP contribution is 2.24. The van der Waals surface area contributed by atoms with Gasteiger partial charge in [-0.1, -0.05) is 26.0 Å². The maximum absolute atomic E-state index is 13.3. The minimum absolute atomic E-state index is 0.00367. The fraction of sp³-hybridized carbons (Fsp3) is 0.600. The normalized spacial score (nSPS) is 13.7. The Balaban J connectivity index is 2.59. The summed E-state index contributed by atoms with van der Waals surface area (Å²) in [6.45, 7) is 9.93. The zero-order valence-electron chi connectivity index (χ0n) is 11.9. The Kier molecular flexibility index (Phi) is 5.29. The first-order valence-corrected chi connectivity index (χ1v) is 6.56. The van der Waals surface area contributed by atoms with E-state index in [1.54, 1.807) is 13.0 Å². The van der Waals surface area contributed by atoms with Crippen molar-refractivity contribution in [2.24, 2.45) is 5.73 Å². The van der Waals surface area contributed by atoms with E-state index in [-0.39, 0.29) is 17.3 Å². The quantitative estimate of drug-likeness (QED) is 0.764. The van der Waals surface area contributed by atoms with Crippen LogP contribution in [0.15, 0.2) is 18.2 Å². The molecule has 0 radical (unpaired) electrons. The number of benzene rings is 1. The molecule has 0 saturated carbocycles. The Morgan fingerprint density at radius 2 is 2.06 bits per heavy atom. The van der Waals surface area contributed by atoms with Crippen LogP contribution in [0.3, 0.4) is 0 Å². The highest BCUT2D eigenvalue weighted by Gasteiger charge is 2.20. The molecule has 0 aliphatic carbocycles. The van der Waals surface area contributed by atoms with Crippen LogP contribution in [0.1, 0.15) is 38.3 Å². The molecular formula is C15H25FN2. The Morgan fingerprint density at radius 3 is 2.61 bits per heavy atom. The Morgan fingerprint density at radius 1 is 1.39 bits per heavy atom. The van der Waals surface area contributed by atoms with Gasteiger partial charge in [-0.15, -0.1) is 0 Å². The first kappa shape index (κ1) is 15.1. The van der Waals surface area contributed by atoms with E-state index in [4.69, 9.17) is 5.73 Å². The molecule has 0 fully saturated rings. The highest BCUT2D eigenvalue weighted by molar-refractivity contribution is 5.29. The lowest BCUT2D eigenvalue weighted by Gasteiger charge is -2.26. The summed E-state index contributed by atoms with van der Waals surface area (Å²) < 4.78 is 13.3. The minimum Gasteiger partial charge on any atom is -0.328 e. The van der Waals surface area contributed by atoms with Gasteiger partial charge < -0.3 is 11.1 Å². The van der Waals surface area contributed by atoms with E-state index in [0.29, 0.717) is 5.56 Å². The van der Waals surface area contributed by atoms with Crippen molar-refractivity contribution in [2.75, 3.05) is 13.1 Å². The zero-order valence-corrected chi connectivity index (χ0v) is 11.9. The summed E-state index contributed by atoms with van der Waals surface area (Å²) in [4.78, 5) is 0. The van der Waals surface area contributed by atoms with Crippen molar-refractivity contribution < 1.29 is 4.39 Å². The third-order valence-electron chi connectivity index (χ3n) is 3.28. The van der Waals surface area contributed by atoms with Gasteiger partial charge >= 0.3 is 0 Å². The molecule has 1 aromatic rings. The van der Waals surface area contributed by atoms with E-state index in [0.717, 1.165) is 25.1 Å². The van der Waals surface area contributed by atoms with Crippen molar-refractivity contribution in [3.05, 3.63) is 35.1 Å². The first-order valence-electron chi connectivity index (χ1n) is 6.56. The molecule has 0 spiro atoms. The predicted molar refractivity (Wildman–Crippen MR) is 75.3 cm³/mol. The van der Waals surface area contributed by atoms with E-state index in [1.165, 1.54) is 0 Å². The van der Waals surface area contributed by atoms with Crippen molar-refractivity contribution in [3.63, 3.8) is 0 Å². The topological polar surface area (TPSA) is 38.0 Å². The monoisotopic (exact) mass is 252 g/mol. The largest absolute Gasteiger partial charge is 0.328 e. The van der Waals surface area contributed by atoms with Gasteiger partial charge in [-0.2, -0.15) is 0 Å². The summed E-state index contributed by atoms with van der Waals surface area (Å²) in [6, 6.07) is 5.58. The third kappa shape index (κ3) is 4.39. The van der Waals surface area contributed by atoms with Crippen molar-refractivity contribution in [3.8, 4) is 0 Å². The standard InChI is InChI=1S/C15H25FN2/c1-11-9-13(5-6-14(11)16)15(3,4)10-18-8-7-12(2)17/h5-6,9,12,18H,7-8,10,17H2,1-4H3. The summed E-state index contributed by atoms with van der Waals surface area (Å²) >= 11 is 0. The molecule has 3 heteroatoms. The number of nitrogens with one attached hydrogen (secondary N) is 1. The van der Waals surface area contributed by atoms with Crippen LogP contribution < -0.4 is 11.1 Å². The van der Waals surface area contributed by atoms with E-state index in [9.17, 15) is 4.39 Å². The summed E-state index contributed by atoms with van der Waals surface area (Å²) in [7, 11) is 0. The molecule has 102 valence electrons. The molecule has 1 atom stereocenters. The average Bonchev–Trinajstić information content (AvgIpc) is 2.28.